The predicted octanol–water partition coefficient (Wildman–Crippen LogP) is 2.73. The van der Waals surface area contributed by atoms with Gasteiger partial charge in [-0.15, -0.1) is 11.3 Å². The summed E-state index contributed by atoms with van der Waals surface area (Å²) in [4.78, 5) is 43.7. The number of rotatable bonds is 13. The van der Waals surface area contributed by atoms with Gasteiger partial charge in [-0.2, -0.15) is 4.31 Å². The summed E-state index contributed by atoms with van der Waals surface area (Å²) in [6.45, 7) is 3.61. The van der Waals surface area contributed by atoms with E-state index in [0.717, 1.165) is 10.3 Å². The molecule has 46 heavy (non-hydrogen) atoms. The summed E-state index contributed by atoms with van der Waals surface area (Å²) < 4.78 is 29.7. The van der Waals surface area contributed by atoms with Gasteiger partial charge in [-0.3, -0.25) is 14.5 Å². The summed E-state index contributed by atoms with van der Waals surface area (Å²) >= 11 is 1.34. The number of sulfonamides is 1. The van der Waals surface area contributed by atoms with Crippen molar-refractivity contribution in [2.45, 2.75) is 43.4 Å². The second-order valence-electron chi connectivity index (χ2n) is 11.6. The van der Waals surface area contributed by atoms with Crippen LogP contribution in [0.3, 0.4) is 0 Å². The maximum atomic E-state index is 13.9. The molecule has 1 aliphatic heterocycles. The Labute approximate surface area is 271 Å². The number of aliphatic hydroxyl groups is 1. The fraction of sp³-hybridized carbons (Fsp3) is 0.312. The van der Waals surface area contributed by atoms with Crippen LogP contribution in [0.25, 0.3) is 10.2 Å². The lowest BCUT2D eigenvalue weighted by atomic mass is 10.0. The van der Waals surface area contributed by atoms with Gasteiger partial charge in [-0.1, -0.05) is 50.2 Å². The smallest absolute Gasteiger partial charge is 0.322 e. The summed E-state index contributed by atoms with van der Waals surface area (Å²) in [5, 5.41) is 17.1. The van der Waals surface area contributed by atoms with Gasteiger partial charge in [-0.05, 0) is 54.3 Å². The van der Waals surface area contributed by atoms with Crippen LogP contribution in [0.15, 0.2) is 83.2 Å². The number of benzene rings is 3. The minimum atomic E-state index is -4.02. The third-order valence-electron chi connectivity index (χ3n) is 7.66. The summed E-state index contributed by atoms with van der Waals surface area (Å²) in [6.07, 6.45) is -1.09. The molecule has 5 rings (SSSR count). The number of amides is 4. The largest absolute Gasteiger partial charge is 0.390 e. The van der Waals surface area contributed by atoms with Crippen molar-refractivity contribution in [3.05, 3.63) is 89.4 Å². The molecule has 0 saturated carbocycles. The number of anilines is 1. The van der Waals surface area contributed by atoms with Crippen molar-refractivity contribution in [3.63, 3.8) is 0 Å². The van der Waals surface area contributed by atoms with Crippen LogP contribution in [0, 0.1) is 5.92 Å². The fourth-order valence-electron chi connectivity index (χ4n) is 5.33. The third-order valence-corrected chi connectivity index (χ3v) is 10.3. The first-order valence-electron chi connectivity index (χ1n) is 14.8. The van der Waals surface area contributed by atoms with E-state index in [2.05, 4.69) is 15.6 Å². The van der Waals surface area contributed by atoms with Crippen LogP contribution in [0.4, 0.5) is 10.5 Å². The number of carbonyl (C=O) groups is 3. The lowest BCUT2D eigenvalue weighted by Gasteiger charge is -2.31. The minimum Gasteiger partial charge on any atom is -0.390 e. The Morgan fingerprint density at radius 3 is 2.59 bits per heavy atom. The highest BCUT2D eigenvalue weighted by atomic mass is 32.2. The molecule has 1 aromatic heterocycles. The van der Waals surface area contributed by atoms with Gasteiger partial charge in [0.15, 0.2) is 0 Å². The Bertz CT molecular complexity index is 1830. The van der Waals surface area contributed by atoms with Crippen molar-refractivity contribution < 1.29 is 27.9 Å². The van der Waals surface area contributed by atoms with Crippen molar-refractivity contribution in [2.75, 3.05) is 24.5 Å². The van der Waals surface area contributed by atoms with E-state index in [9.17, 15) is 27.9 Å². The van der Waals surface area contributed by atoms with Crippen LogP contribution in [-0.2, 0) is 21.2 Å². The van der Waals surface area contributed by atoms with Gasteiger partial charge in [0, 0.05) is 24.3 Å². The van der Waals surface area contributed by atoms with Gasteiger partial charge in [0.05, 0.1) is 39.3 Å². The van der Waals surface area contributed by atoms with Crippen LogP contribution in [-0.4, -0.2) is 78.5 Å². The number of primary amides is 1. The van der Waals surface area contributed by atoms with E-state index in [1.54, 1.807) is 29.8 Å². The van der Waals surface area contributed by atoms with Gasteiger partial charge in [0.25, 0.3) is 0 Å². The minimum absolute atomic E-state index is 0.0328. The number of nitrogens with one attached hydrogen (secondary N) is 2. The van der Waals surface area contributed by atoms with Crippen LogP contribution in [0.1, 0.15) is 29.8 Å². The van der Waals surface area contributed by atoms with E-state index in [-0.39, 0.29) is 42.4 Å². The molecular formula is C32H36N6O6S2. The number of aliphatic hydroxyl groups excluding tert-OH is 1. The highest BCUT2D eigenvalue weighted by molar-refractivity contribution is 7.89. The van der Waals surface area contributed by atoms with Gasteiger partial charge in [0.1, 0.15) is 6.04 Å². The molecule has 0 aliphatic carbocycles. The van der Waals surface area contributed by atoms with Crippen LogP contribution < -0.4 is 21.3 Å². The first-order chi connectivity index (χ1) is 21.9. The summed E-state index contributed by atoms with van der Waals surface area (Å²) in [7, 11) is -4.02. The number of nitrogens with zero attached hydrogens (tertiary/aromatic N) is 3. The van der Waals surface area contributed by atoms with E-state index < -0.39 is 46.1 Å². The molecule has 0 bridgehead atoms. The Morgan fingerprint density at radius 1 is 1.11 bits per heavy atom. The Balaban J connectivity index is 1.36. The summed E-state index contributed by atoms with van der Waals surface area (Å²) in [5.74, 6) is -1.24. The SMILES string of the molecule is CC(C)CN(C[C@@H](O)[C@H](Cc1ccccc1)NC(=O)[C@@H]1CN(c2cccc(C(N)=O)c2)C(=O)N1)S(=O)(=O)c1ccc2ncsc2c1. The first kappa shape index (κ1) is 33.0. The molecule has 242 valence electrons. The number of nitrogens with two attached hydrogens (primary N) is 1. The van der Waals surface area contributed by atoms with Crippen LogP contribution in [0.5, 0.6) is 0 Å². The number of hydrogen-bond donors (Lipinski definition) is 4. The third kappa shape index (κ3) is 7.53. The maximum absolute atomic E-state index is 13.9. The van der Waals surface area contributed by atoms with E-state index in [1.165, 1.54) is 38.7 Å². The van der Waals surface area contributed by atoms with Gasteiger partial charge < -0.3 is 21.5 Å². The number of fused-ring (bicyclic) bond motifs is 1. The lowest BCUT2D eigenvalue weighted by molar-refractivity contribution is -0.124. The van der Waals surface area contributed by atoms with Crippen molar-refractivity contribution in [3.8, 4) is 0 Å². The molecule has 12 nitrogen and oxygen atoms in total. The molecule has 4 amide bonds. The van der Waals surface area contributed by atoms with Crippen molar-refractivity contribution in [1.29, 1.82) is 0 Å². The Hall–Kier alpha value is -4.37. The van der Waals surface area contributed by atoms with E-state index >= 15 is 0 Å². The number of carbonyl (C=O) groups excluding carboxylic acids is 3. The maximum Gasteiger partial charge on any atom is 0.322 e. The monoisotopic (exact) mass is 664 g/mol. The summed E-state index contributed by atoms with van der Waals surface area (Å²) in [5.41, 5.74) is 9.17. The molecule has 1 fully saturated rings. The molecule has 0 radical (unpaired) electrons. The molecule has 1 saturated heterocycles. The molecular weight excluding hydrogens is 629 g/mol. The zero-order valence-corrected chi connectivity index (χ0v) is 27.0. The van der Waals surface area contributed by atoms with Crippen molar-refractivity contribution >= 4 is 55.1 Å². The van der Waals surface area contributed by atoms with Gasteiger partial charge >= 0.3 is 6.03 Å². The fourth-order valence-corrected chi connectivity index (χ4v) is 7.77. The zero-order chi connectivity index (χ0) is 33.0. The molecule has 3 atom stereocenters. The lowest BCUT2D eigenvalue weighted by Crippen LogP contribution is -2.54. The van der Waals surface area contributed by atoms with E-state index in [0.29, 0.717) is 11.2 Å². The number of aromatic nitrogens is 1. The first-order valence-corrected chi connectivity index (χ1v) is 17.1. The van der Waals surface area contributed by atoms with Crippen molar-refractivity contribution in [1.82, 2.24) is 19.9 Å². The molecule has 0 spiro atoms. The van der Waals surface area contributed by atoms with Gasteiger partial charge in [0.2, 0.25) is 21.8 Å². The molecule has 5 N–H and O–H groups in total. The molecule has 2 heterocycles. The van der Waals surface area contributed by atoms with Gasteiger partial charge in [-0.25, -0.2) is 18.2 Å². The number of hydrogen-bond acceptors (Lipinski definition) is 8. The average molecular weight is 665 g/mol. The highest BCUT2D eigenvalue weighted by Gasteiger charge is 2.37. The normalized spacial score (nSPS) is 16.5. The van der Waals surface area contributed by atoms with E-state index in [4.69, 9.17) is 5.73 Å². The summed E-state index contributed by atoms with van der Waals surface area (Å²) in [6, 6.07) is 17.8. The average Bonchev–Trinajstić information content (AvgIpc) is 3.67. The zero-order valence-electron chi connectivity index (χ0n) is 25.4. The Kier molecular flexibility index (Phi) is 10.0. The Morgan fingerprint density at radius 2 is 1.87 bits per heavy atom. The van der Waals surface area contributed by atoms with E-state index in [1.807, 2.05) is 44.2 Å². The second kappa shape index (κ2) is 14.0. The van der Waals surface area contributed by atoms with Crippen molar-refractivity contribution in [2.24, 2.45) is 11.7 Å². The molecule has 4 aromatic rings. The number of urea groups is 1. The second-order valence-corrected chi connectivity index (χ2v) is 14.4. The molecule has 0 unspecified atom stereocenters. The molecule has 14 heteroatoms. The predicted molar refractivity (Wildman–Crippen MR) is 176 cm³/mol. The standard InChI is InChI=1S/C32H36N6O6S2/c1-20(2)16-37(46(43,44)24-11-12-25-29(15-24)45-19-34-25)18-28(39)26(13-21-7-4-3-5-8-21)35-31(41)27-17-38(32(42)36-27)23-10-6-9-22(14-23)30(33)40/h3-12,14-15,19-20,26-28,39H,13,16-18H2,1-2H3,(H2,33,40)(H,35,41)(H,36,42)/t26-,27-,28+/m0/s1. The van der Waals surface area contributed by atoms with Crippen LogP contribution >= 0.6 is 11.3 Å². The number of thiazole rings is 1. The molecule has 3 aromatic carbocycles. The van der Waals surface area contributed by atoms with Crippen LogP contribution in [0.2, 0.25) is 0 Å². The molecule has 1 aliphatic rings. The topological polar surface area (TPSA) is 175 Å². The quantitative estimate of drug-likeness (QED) is 0.170. The highest BCUT2D eigenvalue weighted by Crippen LogP contribution is 2.26.